The van der Waals surface area contributed by atoms with Crippen molar-refractivity contribution in [1.29, 1.82) is 0 Å². The van der Waals surface area contributed by atoms with Gasteiger partial charge in [-0.05, 0) is 67.1 Å². The van der Waals surface area contributed by atoms with Gasteiger partial charge in [0.1, 0.15) is 0 Å². The quantitative estimate of drug-likeness (QED) is 0.299. The Morgan fingerprint density at radius 3 is 2.04 bits per heavy atom. The molecule has 0 N–H and O–H groups in total. The second-order valence-electron chi connectivity index (χ2n) is 9.89. The fourth-order valence-corrected chi connectivity index (χ4v) is 5.19. The van der Waals surface area contributed by atoms with Crippen LogP contribution in [0.4, 0.5) is 0 Å². The van der Waals surface area contributed by atoms with Crippen molar-refractivity contribution in [2.75, 3.05) is 0 Å². The van der Waals surface area contributed by atoms with Crippen molar-refractivity contribution in [3.05, 3.63) is 0 Å². The van der Waals surface area contributed by atoms with Crippen molar-refractivity contribution in [2.45, 2.75) is 113 Å². The first kappa shape index (κ1) is 22.0. The van der Waals surface area contributed by atoms with Gasteiger partial charge in [0.05, 0.1) is 0 Å². The maximum Gasteiger partial charge on any atom is -0.0357 e. The molecule has 0 nitrogen and oxygen atoms in total. The van der Waals surface area contributed by atoms with E-state index in [0.717, 1.165) is 41.4 Å². The summed E-state index contributed by atoms with van der Waals surface area (Å²) in [5.41, 5.74) is 0. The van der Waals surface area contributed by atoms with E-state index >= 15 is 0 Å². The summed E-state index contributed by atoms with van der Waals surface area (Å²) in [5.74, 6) is 6.86. The van der Waals surface area contributed by atoms with Crippen LogP contribution in [-0.2, 0) is 0 Å². The third-order valence-electron chi connectivity index (χ3n) is 6.67. The summed E-state index contributed by atoms with van der Waals surface area (Å²) >= 11 is 0. The summed E-state index contributed by atoms with van der Waals surface area (Å²) in [4.78, 5) is 0. The molecule has 0 heteroatoms. The minimum Gasteiger partial charge on any atom is -0.0654 e. The molecule has 0 radical (unpaired) electrons. The topological polar surface area (TPSA) is 0 Å². The van der Waals surface area contributed by atoms with Gasteiger partial charge in [0.2, 0.25) is 0 Å². The average molecular weight is 337 g/mol. The molecule has 0 aromatic carbocycles. The third kappa shape index (κ3) is 8.39. The molecule has 0 bridgehead atoms. The van der Waals surface area contributed by atoms with Gasteiger partial charge in [-0.15, -0.1) is 0 Å². The van der Waals surface area contributed by atoms with Crippen molar-refractivity contribution in [3.63, 3.8) is 0 Å². The molecule has 24 heavy (non-hydrogen) atoms. The van der Waals surface area contributed by atoms with E-state index < -0.39 is 0 Å². The summed E-state index contributed by atoms with van der Waals surface area (Å²) in [7, 11) is 0. The molecular formula is C24H48. The monoisotopic (exact) mass is 336 g/mol. The first-order chi connectivity index (χ1) is 11.4. The largest absolute Gasteiger partial charge is 0.0654 e. The molecule has 0 spiro atoms. The second kappa shape index (κ2) is 11.6. The van der Waals surface area contributed by atoms with Gasteiger partial charge in [-0.3, -0.25) is 0 Å². The highest BCUT2D eigenvalue weighted by atomic mass is 14.5. The van der Waals surface area contributed by atoms with Gasteiger partial charge in [0.15, 0.2) is 0 Å². The van der Waals surface area contributed by atoms with Gasteiger partial charge in [0.25, 0.3) is 0 Å². The van der Waals surface area contributed by atoms with Crippen molar-refractivity contribution < 1.29 is 0 Å². The standard InChI is InChI=1S/C24H48/c1-8-11-22(21(9-2)13-10-12-18(3)4)14-15-23-17-24(23)20(7)16-19(5)6/h18-24H,8-17H2,1-7H3. The first-order valence-corrected chi connectivity index (χ1v) is 11.4. The molecule has 5 atom stereocenters. The number of rotatable bonds is 14. The lowest BCUT2D eigenvalue weighted by molar-refractivity contribution is 0.246. The lowest BCUT2D eigenvalue weighted by atomic mass is 9.79. The molecule has 0 aliphatic heterocycles. The predicted molar refractivity (Wildman–Crippen MR) is 110 cm³/mol. The lowest BCUT2D eigenvalue weighted by Gasteiger charge is -2.27. The zero-order valence-electron chi connectivity index (χ0n) is 18.1. The minimum atomic E-state index is 0.875. The zero-order valence-corrected chi connectivity index (χ0v) is 18.1. The number of hydrogen-bond acceptors (Lipinski definition) is 0. The maximum absolute atomic E-state index is 2.51. The molecule has 1 aliphatic rings. The molecule has 0 amide bonds. The molecule has 1 saturated carbocycles. The van der Waals surface area contributed by atoms with Crippen LogP contribution in [0.1, 0.15) is 113 Å². The van der Waals surface area contributed by atoms with Crippen LogP contribution in [0.5, 0.6) is 0 Å². The third-order valence-corrected chi connectivity index (χ3v) is 6.67. The first-order valence-electron chi connectivity index (χ1n) is 11.4. The van der Waals surface area contributed by atoms with E-state index in [1.807, 2.05) is 0 Å². The van der Waals surface area contributed by atoms with Crippen LogP contribution in [0.2, 0.25) is 0 Å². The average Bonchev–Trinajstić information content (AvgIpc) is 3.27. The maximum atomic E-state index is 2.51. The van der Waals surface area contributed by atoms with Gasteiger partial charge in [0, 0.05) is 0 Å². The molecule has 0 aromatic rings. The van der Waals surface area contributed by atoms with Gasteiger partial charge >= 0.3 is 0 Å². The fourth-order valence-electron chi connectivity index (χ4n) is 5.19. The Balaban J connectivity index is 2.37. The molecule has 144 valence electrons. The Morgan fingerprint density at radius 1 is 0.792 bits per heavy atom. The predicted octanol–water partition coefficient (Wildman–Crippen LogP) is 8.35. The van der Waals surface area contributed by atoms with E-state index in [9.17, 15) is 0 Å². The van der Waals surface area contributed by atoms with E-state index in [1.54, 1.807) is 0 Å². The highest BCUT2D eigenvalue weighted by Crippen LogP contribution is 2.50. The van der Waals surface area contributed by atoms with Crippen LogP contribution in [0.3, 0.4) is 0 Å². The normalized spacial score (nSPS) is 24.4. The van der Waals surface area contributed by atoms with Gasteiger partial charge in [-0.2, -0.15) is 0 Å². The van der Waals surface area contributed by atoms with Crippen molar-refractivity contribution in [2.24, 2.45) is 41.4 Å². The van der Waals surface area contributed by atoms with Crippen LogP contribution >= 0.6 is 0 Å². The van der Waals surface area contributed by atoms with Crippen molar-refractivity contribution in [3.8, 4) is 0 Å². The Hall–Kier alpha value is 0. The van der Waals surface area contributed by atoms with Gasteiger partial charge < -0.3 is 0 Å². The Bertz CT molecular complexity index is 303. The van der Waals surface area contributed by atoms with Gasteiger partial charge in [-0.1, -0.05) is 87.0 Å². The molecular weight excluding hydrogens is 288 g/mol. The van der Waals surface area contributed by atoms with E-state index in [0.29, 0.717) is 0 Å². The van der Waals surface area contributed by atoms with E-state index in [-0.39, 0.29) is 0 Å². The van der Waals surface area contributed by atoms with Crippen molar-refractivity contribution in [1.82, 2.24) is 0 Å². The second-order valence-corrected chi connectivity index (χ2v) is 9.89. The van der Waals surface area contributed by atoms with E-state index in [4.69, 9.17) is 0 Å². The van der Waals surface area contributed by atoms with Crippen LogP contribution in [0.15, 0.2) is 0 Å². The molecule has 0 aromatic heterocycles. The summed E-state index contributed by atoms with van der Waals surface area (Å²) in [6, 6.07) is 0. The zero-order chi connectivity index (χ0) is 18.1. The molecule has 5 unspecified atom stereocenters. The smallest absolute Gasteiger partial charge is 0.0357 e. The SMILES string of the molecule is CCCC(CCC1CC1C(C)CC(C)C)C(CC)CCCC(C)C. The van der Waals surface area contributed by atoms with E-state index in [1.165, 1.54) is 64.2 Å². The summed E-state index contributed by atoms with van der Waals surface area (Å²) < 4.78 is 0. The van der Waals surface area contributed by atoms with Crippen molar-refractivity contribution >= 4 is 0 Å². The highest BCUT2D eigenvalue weighted by Gasteiger charge is 2.40. The molecule has 0 heterocycles. The van der Waals surface area contributed by atoms with E-state index in [2.05, 4.69) is 48.5 Å². The number of hydrogen-bond donors (Lipinski definition) is 0. The molecule has 1 rings (SSSR count). The minimum absolute atomic E-state index is 0.875. The summed E-state index contributed by atoms with van der Waals surface area (Å²) in [6.45, 7) is 16.8. The van der Waals surface area contributed by atoms with Crippen LogP contribution in [0, 0.1) is 41.4 Å². The van der Waals surface area contributed by atoms with Crippen LogP contribution < -0.4 is 0 Å². The summed E-state index contributed by atoms with van der Waals surface area (Å²) in [6.07, 6.45) is 14.6. The molecule has 1 fully saturated rings. The fraction of sp³-hybridized carbons (Fsp3) is 1.00. The van der Waals surface area contributed by atoms with Crippen LogP contribution in [-0.4, -0.2) is 0 Å². The Labute approximate surface area is 154 Å². The highest BCUT2D eigenvalue weighted by molar-refractivity contribution is 4.90. The molecule has 1 aliphatic carbocycles. The Kier molecular flexibility index (Phi) is 10.6. The van der Waals surface area contributed by atoms with Gasteiger partial charge in [-0.25, -0.2) is 0 Å². The molecule has 0 saturated heterocycles. The van der Waals surface area contributed by atoms with Crippen LogP contribution in [0.25, 0.3) is 0 Å². The lowest BCUT2D eigenvalue weighted by Crippen LogP contribution is -2.15. The Morgan fingerprint density at radius 2 is 1.50 bits per heavy atom. The summed E-state index contributed by atoms with van der Waals surface area (Å²) in [5, 5.41) is 0.